The van der Waals surface area contributed by atoms with E-state index < -0.39 is 0 Å². The summed E-state index contributed by atoms with van der Waals surface area (Å²) in [5, 5.41) is 13.5. The van der Waals surface area contributed by atoms with Crippen molar-refractivity contribution in [1.82, 2.24) is 39.7 Å². The van der Waals surface area contributed by atoms with Gasteiger partial charge in [0.25, 0.3) is 5.65 Å². The van der Waals surface area contributed by atoms with Crippen LogP contribution in [0, 0.1) is 0 Å². The number of aromatic nitrogens is 7. The van der Waals surface area contributed by atoms with Crippen LogP contribution in [-0.4, -0.2) is 71.0 Å². The van der Waals surface area contributed by atoms with Crippen molar-refractivity contribution < 1.29 is 4.57 Å². The maximum Gasteiger partial charge on any atom is 0.293 e. The number of hydrogen-bond donors (Lipinski definition) is 3. The Bertz CT molecular complexity index is 1870. The minimum absolute atomic E-state index is 0.00449. The van der Waals surface area contributed by atoms with E-state index in [4.69, 9.17) is 23.2 Å². The zero-order chi connectivity index (χ0) is 30.6. The normalized spacial score (nSPS) is 15.2. The van der Waals surface area contributed by atoms with Gasteiger partial charge in [0.05, 0.1) is 18.3 Å². The third kappa shape index (κ3) is 6.10. The first-order valence-electron chi connectivity index (χ1n) is 15.0. The molecular weight excluding hydrogens is 583 g/mol. The number of rotatable bonds is 8. The van der Waals surface area contributed by atoms with Crippen molar-refractivity contribution in [3.63, 3.8) is 0 Å². The first-order chi connectivity index (χ1) is 22.1. The van der Waals surface area contributed by atoms with Crippen LogP contribution in [0.2, 0.25) is 0 Å². The van der Waals surface area contributed by atoms with Gasteiger partial charge in [-0.05, 0) is 35.5 Å². The third-order valence-corrected chi connectivity index (χ3v) is 8.62. The average Bonchev–Trinajstić information content (AvgIpc) is 3.77. The summed E-state index contributed by atoms with van der Waals surface area (Å²) in [6.45, 7) is 3.76. The van der Waals surface area contributed by atoms with E-state index in [0.29, 0.717) is 17.9 Å². The number of aromatic amines is 1. The molecule has 7 rings (SSSR count). The number of imidazole rings is 1. The van der Waals surface area contributed by atoms with Gasteiger partial charge in [-0.3, -0.25) is 4.90 Å². The molecule has 0 aliphatic carbocycles. The maximum absolute atomic E-state index is 6.04. The number of hydrogen-bond acceptors (Lipinski definition) is 7. The number of piperazine rings is 1. The topological polar surface area (TPSA) is 121 Å². The van der Waals surface area contributed by atoms with Crippen LogP contribution in [0.15, 0.2) is 110 Å². The summed E-state index contributed by atoms with van der Waals surface area (Å²) in [4.78, 5) is 16.6. The molecule has 0 bridgehead atoms. The number of anilines is 2. The van der Waals surface area contributed by atoms with Crippen molar-refractivity contribution in [3.05, 3.63) is 127 Å². The molecule has 4 N–H and O–H groups in total. The number of nitrogens with zero attached hydrogens (tertiary/aromatic N) is 8. The van der Waals surface area contributed by atoms with Crippen LogP contribution in [0.25, 0.3) is 11.2 Å². The monoisotopic (exact) mass is 616 g/mol. The van der Waals surface area contributed by atoms with Crippen LogP contribution in [-0.2, 0) is 6.54 Å². The Hall–Kier alpha value is -5.20. The lowest BCUT2D eigenvalue weighted by atomic mass is 9.91. The fraction of sp³-hybridized carbons (Fsp3) is 0.212. The quantitative estimate of drug-likeness (QED) is 0.173. The predicted molar refractivity (Wildman–Crippen MR) is 177 cm³/mol. The molecule has 2 unspecified atom stereocenters. The summed E-state index contributed by atoms with van der Waals surface area (Å²) in [7, 11) is 0. The molecule has 0 radical (unpaired) electrons. The summed E-state index contributed by atoms with van der Waals surface area (Å²) in [5.41, 5.74) is 11.6. The van der Waals surface area contributed by atoms with Crippen LogP contribution in [0.5, 0.6) is 0 Å². The number of thiocarbonyl (C=S) groups is 1. The van der Waals surface area contributed by atoms with Gasteiger partial charge < -0.3 is 20.9 Å². The molecule has 1 aliphatic heterocycles. The van der Waals surface area contributed by atoms with Gasteiger partial charge in [0, 0.05) is 31.9 Å². The number of nitrogen functional groups attached to an aromatic ring is 1. The first-order valence-corrected chi connectivity index (χ1v) is 15.4. The zero-order valence-electron chi connectivity index (χ0n) is 24.6. The van der Waals surface area contributed by atoms with Crippen LogP contribution in [0.4, 0.5) is 11.5 Å². The molecule has 0 saturated carbocycles. The Labute approximate surface area is 266 Å². The second kappa shape index (κ2) is 12.8. The molecule has 12 heteroatoms. The molecule has 3 aromatic carbocycles. The molecule has 1 aliphatic rings. The molecule has 6 aromatic rings. The van der Waals surface area contributed by atoms with Gasteiger partial charge >= 0.3 is 0 Å². The van der Waals surface area contributed by atoms with Crippen LogP contribution in [0.3, 0.4) is 0 Å². The van der Waals surface area contributed by atoms with Crippen LogP contribution >= 0.6 is 12.2 Å². The van der Waals surface area contributed by atoms with E-state index in [1.165, 1.54) is 5.56 Å². The molecule has 3 aromatic heterocycles. The number of fused-ring (bicyclic) bond motifs is 1. The van der Waals surface area contributed by atoms with E-state index in [0.717, 1.165) is 53.9 Å². The van der Waals surface area contributed by atoms with Gasteiger partial charge in [-0.2, -0.15) is 0 Å². The number of nitrogens with one attached hydrogen (secondary N) is 2. The second-order valence-electron chi connectivity index (χ2n) is 11.1. The number of nitrogens with two attached hydrogens (primary N) is 1. The lowest BCUT2D eigenvalue weighted by Gasteiger charge is -2.43. The first kappa shape index (κ1) is 28.6. The molecule has 0 spiro atoms. The van der Waals surface area contributed by atoms with Gasteiger partial charge in [-0.15, -0.1) is 5.10 Å². The molecule has 11 nitrogen and oxygen atoms in total. The van der Waals surface area contributed by atoms with Crippen molar-refractivity contribution in [2.75, 3.05) is 37.2 Å². The Kier molecular flexibility index (Phi) is 8.13. The summed E-state index contributed by atoms with van der Waals surface area (Å²) < 4.78 is 3.93. The highest BCUT2D eigenvalue weighted by Gasteiger charge is 2.35. The molecular formula is C33H34N11S+. The van der Waals surface area contributed by atoms with Gasteiger partial charge in [0.15, 0.2) is 17.0 Å². The minimum Gasteiger partial charge on any atom is -0.368 e. The average molecular weight is 617 g/mol. The molecule has 2 atom stereocenters. The Morgan fingerprint density at radius 1 is 0.867 bits per heavy atom. The molecule has 0 amide bonds. The SMILES string of the molecule is Nc1nc[n+](Cc2cn(C(c3ccccc3)C(c3ccccc3)N3CCN(C(=S)Nc4ccccc4)CC3)nn2)c2nc[nH]c12. The minimum atomic E-state index is -0.129. The van der Waals surface area contributed by atoms with E-state index in [1.807, 2.05) is 51.8 Å². The highest BCUT2D eigenvalue weighted by molar-refractivity contribution is 7.80. The summed E-state index contributed by atoms with van der Waals surface area (Å²) in [5.74, 6) is 0.411. The molecule has 4 heterocycles. The maximum atomic E-state index is 6.04. The Morgan fingerprint density at radius 3 is 2.20 bits per heavy atom. The van der Waals surface area contributed by atoms with Crippen molar-refractivity contribution >= 4 is 40.0 Å². The largest absolute Gasteiger partial charge is 0.368 e. The van der Waals surface area contributed by atoms with E-state index in [9.17, 15) is 0 Å². The molecule has 226 valence electrons. The Balaban J connectivity index is 1.18. The summed E-state index contributed by atoms with van der Waals surface area (Å²) in [6, 6.07) is 31.2. The molecule has 45 heavy (non-hydrogen) atoms. The summed E-state index contributed by atoms with van der Waals surface area (Å²) >= 11 is 5.80. The number of H-pyrrole nitrogens is 1. The number of benzene rings is 3. The fourth-order valence-corrected chi connectivity index (χ4v) is 6.36. The van der Waals surface area contributed by atoms with Gasteiger partial charge in [0.2, 0.25) is 12.1 Å². The highest BCUT2D eigenvalue weighted by atomic mass is 32.1. The van der Waals surface area contributed by atoms with Crippen molar-refractivity contribution in [1.29, 1.82) is 0 Å². The second-order valence-corrected chi connectivity index (χ2v) is 11.5. The van der Waals surface area contributed by atoms with Crippen molar-refractivity contribution in [3.8, 4) is 0 Å². The lowest BCUT2D eigenvalue weighted by molar-refractivity contribution is -0.667. The van der Waals surface area contributed by atoms with Gasteiger partial charge in [-0.25, -0.2) is 9.25 Å². The predicted octanol–water partition coefficient (Wildman–Crippen LogP) is 3.81. The molecule has 1 fully saturated rings. The standard InChI is InChI=1S/C33H33N11S/c34-31-28-32(36-22-35-28)43(23-37-31)20-27-21-44(40-39-27)30(25-12-6-2-7-13-25)29(24-10-4-1-5-11-24)41-16-18-42(19-17-41)33(45)38-26-14-8-3-9-15-26/h1-15,21-23,29-30H,16-20H2,(H3,34,35,36,38,45)/p+1. The third-order valence-electron chi connectivity index (χ3n) is 8.26. The fourth-order valence-electron chi connectivity index (χ4n) is 6.06. The smallest absolute Gasteiger partial charge is 0.293 e. The summed E-state index contributed by atoms with van der Waals surface area (Å²) in [6.07, 6.45) is 5.34. The van der Waals surface area contributed by atoms with E-state index in [2.05, 4.69) is 89.8 Å². The van der Waals surface area contributed by atoms with Crippen molar-refractivity contribution in [2.24, 2.45) is 0 Å². The highest BCUT2D eigenvalue weighted by Crippen LogP contribution is 2.37. The van der Waals surface area contributed by atoms with Crippen LogP contribution in [0.1, 0.15) is 28.9 Å². The van der Waals surface area contributed by atoms with Crippen molar-refractivity contribution in [2.45, 2.75) is 18.6 Å². The van der Waals surface area contributed by atoms with Gasteiger partial charge in [-0.1, -0.05) is 94.0 Å². The number of para-hydroxylation sites is 1. The van der Waals surface area contributed by atoms with E-state index >= 15 is 0 Å². The van der Waals surface area contributed by atoms with E-state index in [1.54, 1.807) is 12.7 Å². The van der Waals surface area contributed by atoms with Gasteiger partial charge in [0.1, 0.15) is 12.2 Å². The Morgan fingerprint density at radius 2 is 1.51 bits per heavy atom. The molecule has 1 saturated heterocycles. The van der Waals surface area contributed by atoms with E-state index in [-0.39, 0.29) is 12.1 Å². The zero-order valence-corrected chi connectivity index (χ0v) is 25.5. The van der Waals surface area contributed by atoms with Crippen LogP contribution < -0.4 is 15.6 Å². The lowest BCUT2D eigenvalue weighted by Crippen LogP contribution is -2.52.